The van der Waals surface area contributed by atoms with Crippen molar-refractivity contribution in [1.29, 1.82) is 0 Å². The van der Waals surface area contributed by atoms with Crippen LogP contribution in [0.3, 0.4) is 0 Å². The van der Waals surface area contributed by atoms with Gasteiger partial charge in [0.15, 0.2) is 0 Å². The first-order valence-electron chi connectivity index (χ1n) is 25.8. The number of halogens is 3. The van der Waals surface area contributed by atoms with Crippen molar-refractivity contribution in [2.75, 3.05) is 116 Å². The number of nitrogens with two attached hydrogens (primary N) is 1. The Morgan fingerprint density at radius 1 is 0.782 bits per heavy atom. The number of guanidine groups is 2. The molecule has 0 aliphatic carbocycles. The highest BCUT2D eigenvalue weighted by Crippen LogP contribution is 2.37. The third-order valence-corrected chi connectivity index (χ3v) is 14.2. The SMILES string of the molecule is CCOC(=O)NNC1=NCCN1C.CN1CCN=C1NN.CN1CCn2c1n[nH]c2=O.CN1CCn2c1nn(CC(O)CN1C3CCC1CC(OCc1ccc(F)cc1)C3)c2=O.CN1CCn2c1nn(CC1CO1)c2=O.I.I. The summed E-state index contributed by atoms with van der Waals surface area (Å²) in [4.78, 5) is 66.3. The van der Waals surface area contributed by atoms with Crippen LogP contribution in [0.25, 0.3) is 0 Å². The summed E-state index contributed by atoms with van der Waals surface area (Å²) in [5.74, 6) is 8.50. The van der Waals surface area contributed by atoms with Crippen molar-refractivity contribution in [3.8, 4) is 0 Å². The molecule has 3 aromatic heterocycles. The topological polar surface area (TPSA) is 305 Å². The number of epoxide rings is 1. The average Bonchev–Trinajstić information content (AvgIpc) is 4.21. The molecular formula is C46H76FI2N21O8. The van der Waals surface area contributed by atoms with Gasteiger partial charge < -0.3 is 43.8 Å². The zero-order chi connectivity index (χ0) is 54.0. The number of aliphatic hydroxyl groups is 1. The van der Waals surface area contributed by atoms with Gasteiger partial charge >= 0.3 is 23.2 Å². The lowest BCUT2D eigenvalue weighted by molar-refractivity contribution is -0.0402. The van der Waals surface area contributed by atoms with Crippen molar-refractivity contribution in [2.45, 2.75) is 102 Å². The number of rotatable bonds is 10. The number of piperidine rings is 1. The van der Waals surface area contributed by atoms with Crippen LogP contribution in [0.1, 0.15) is 38.2 Å². The van der Waals surface area contributed by atoms with Gasteiger partial charge in [0.2, 0.25) is 29.8 Å². The number of aromatic nitrogens is 9. The largest absolute Gasteiger partial charge is 0.449 e. The minimum Gasteiger partial charge on any atom is -0.449 e. The molecule has 1 amide bonds. The number of aliphatic imine (C=N–C) groups is 2. The number of nitrogens with zero attached hydrogens (tertiary/aromatic N) is 16. The van der Waals surface area contributed by atoms with E-state index >= 15 is 0 Å². The van der Waals surface area contributed by atoms with Crippen LogP contribution in [-0.2, 0) is 53.5 Å². The van der Waals surface area contributed by atoms with Crippen molar-refractivity contribution in [2.24, 2.45) is 15.8 Å². The van der Waals surface area contributed by atoms with Gasteiger partial charge in [0.1, 0.15) is 11.9 Å². The Kier molecular flexibility index (Phi) is 22.6. The molecule has 1 aromatic carbocycles. The van der Waals surface area contributed by atoms with Gasteiger partial charge in [-0.2, -0.15) is 0 Å². The molecule has 32 heteroatoms. The summed E-state index contributed by atoms with van der Waals surface area (Å²) >= 11 is 0. The lowest BCUT2D eigenvalue weighted by Crippen LogP contribution is -2.49. The molecule has 78 heavy (non-hydrogen) atoms. The van der Waals surface area contributed by atoms with Crippen LogP contribution in [0.15, 0.2) is 48.6 Å². The van der Waals surface area contributed by atoms with E-state index in [1.54, 1.807) is 32.8 Å². The molecule has 11 heterocycles. The molecule has 0 radical (unpaired) electrons. The van der Waals surface area contributed by atoms with Crippen molar-refractivity contribution in [3.05, 3.63) is 67.1 Å². The molecule has 0 spiro atoms. The van der Waals surface area contributed by atoms with Crippen molar-refractivity contribution < 1.29 is 28.5 Å². The number of hydrogen-bond acceptors (Lipinski definition) is 22. The number of aliphatic hydroxyl groups excluding tert-OH is 1. The van der Waals surface area contributed by atoms with Crippen molar-refractivity contribution in [3.63, 3.8) is 0 Å². The number of carbonyl (C=O) groups excluding carboxylic acids is 1. The first kappa shape index (κ1) is 61.6. The van der Waals surface area contributed by atoms with Crippen molar-refractivity contribution in [1.82, 2.24) is 74.4 Å². The summed E-state index contributed by atoms with van der Waals surface area (Å²) < 4.78 is 36.8. The summed E-state index contributed by atoms with van der Waals surface area (Å²) in [5, 5.41) is 25.6. The number of H-pyrrole nitrogens is 1. The Balaban J connectivity index is 0.000000174. The molecule has 8 aliphatic rings. The van der Waals surface area contributed by atoms with E-state index in [0.717, 1.165) is 115 Å². The molecule has 12 rings (SSSR count). The third-order valence-electron chi connectivity index (χ3n) is 14.2. The van der Waals surface area contributed by atoms with Gasteiger partial charge in [-0.3, -0.25) is 34.4 Å². The fourth-order valence-electron chi connectivity index (χ4n) is 9.86. The Labute approximate surface area is 484 Å². The molecule has 434 valence electrons. The first-order valence-corrected chi connectivity index (χ1v) is 25.8. The highest BCUT2D eigenvalue weighted by atomic mass is 127. The summed E-state index contributed by atoms with van der Waals surface area (Å²) in [5.41, 5.74) is 8.24. The standard InChI is InChI=1S/C22H30FN5O3.C8H12N4O2.C7H14N4O2.C5H8N4O.C4H10N4.2HI/c1-25-8-9-26-21(25)24-28(22(26)30)13-19(29)12-27-17-6-7-18(27)11-20(10-17)31-14-15-2-4-16(23)5-3-15;1-10-2-3-11-7(10)9-12(8(11)13)4-6-5-14-6;1-3-13-7(12)10-9-6-8-4-5-11(6)2;1-8-2-3-9-4(8)6-7-5(9)10;1-8-3-2-6-4(8)7-5;;/h2-5,17-20,29H,6-14H2,1H3;6H,2-5H2,1H3;3-5H2,1-2H3,(H,8,9)(H,10,12);2-3H2,1H3,(H,7,10);2-3,5H2,1H3,(H,6,7);2*1H. The zero-order valence-electron chi connectivity index (χ0n) is 45.1. The van der Waals surface area contributed by atoms with Gasteiger partial charge in [0, 0.05) is 106 Å². The number of benzene rings is 1. The Hall–Kier alpha value is -5.56. The monoisotopic (exact) mass is 1320 g/mol. The van der Waals surface area contributed by atoms with E-state index < -0.39 is 12.2 Å². The summed E-state index contributed by atoms with van der Waals surface area (Å²) in [6.45, 7) is 12.9. The van der Waals surface area contributed by atoms with Crippen LogP contribution >= 0.6 is 48.0 Å². The molecule has 0 saturated carbocycles. The van der Waals surface area contributed by atoms with E-state index in [1.165, 1.54) is 21.5 Å². The summed E-state index contributed by atoms with van der Waals surface area (Å²) in [6.07, 6.45) is 3.35. The number of likely N-dealkylation sites (N-methyl/N-ethyl adjacent to an activating group) is 5. The van der Waals surface area contributed by atoms with E-state index in [9.17, 15) is 28.7 Å². The van der Waals surface area contributed by atoms with Crippen LogP contribution in [0.5, 0.6) is 0 Å². The Morgan fingerprint density at radius 3 is 1.85 bits per heavy atom. The number of carbonyl (C=O) groups is 1. The summed E-state index contributed by atoms with van der Waals surface area (Å²) in [7, 11) is 9.63. The van der Waals surface area contributed by atoms with E-state index in [4.69, 9.17) is 15.3 Å². The molecule has 8 aliphatic heterocycles. The minimum absolute atomic E-state index is 0. The molecule has 4 aromatic rings. The highest BCUT2D eigenvalue weighted by molar-refractivity contribution is 14.0. The first-order chi connectivity index (χ1) is 36.6. The van der Waals surface area contributed by atoms with Gasteiger partial charge in [-0.25, -0.2) is 54.3 Å². The molecule has 7 N–H and O–H groups in total. The maximum Gasteiger partial charge on any atom is 0.426 e. The predicted octanol–water partition coefficient (Wildman–Crippen LogP) is -1.35. The number of nitrogens with one attached hydrogen (secondary N) is 4. The highest BCUT2D eigenvalue weighted by Gasteiger charge is 2.42. The maximum absolute atomic E-state index is 13.1. The van der Waals surface area contributed by atoms with Crippen LogP contribution in [-0.4, -0.2) is 212 Å². The molecule has 3 fully saturated rings. The van der Waals surface area contributed by atoms with E-state index in [-0.39, 0.29) is 89.6 Å². The van der Waals surface area contributed by atoms with Gasteiger partial charge in [-0.05, 0) is 50.3 Å². The summed E-state index contributed by atoms with van der Waals surface area (Å²) in [6, 6.07) is 7.24. The van der Waals surface area contributed by atoms with Crippen molar-refractivity contribution >= 4 is 83.8 Å². The van der Waals surface area contributed by atoms with Crippen LogP contribution < -0.4 is 53.9 Å². The molecule has 4 unspecified atom stereocenters. The smallest absolute Gasteiger partial charge is 0.426 e. The molecule has 4 atom stereocenters. The Bertz CT molecular complexity index is 2800. The van der Waals surface area contributed by atoms with E-state index in [1.807, 2.05) is 59.7 Å². The van der Waals surface area contributed by atoms with Crippen LogP contribution in [0.2, 0.25) is 0 Å². The Morgan fingerprint density at radius 2 is 1.33 bits per heavy atom. The number of amides is 1. The lowest BCUT2D eigenvalue weighted by Gasteiger charge is -2.39. The number of anilines is 3. The number of hydrazine groups is 2. The van der Waals surface area contributed by atoms with Gasteiger partial charge in [-0.1, -0.05) is 12.1 Å². The minimum atomic E-state index is -0.640. The normalized spacial score (nSPS) is 21.3. The zero-order valence-corrected chi connectivity index (χ0v) is 49.7. The molecule has 3 saturated heterocycles. The van der Waals surface area contributed by atoms with E-state index in [0.29, 0.717) is 56.8 Å². The fraction of sp³-hybridized carbons (Fsp3) is 0.674. The van der Waals surface area contributed by atoms with Gasteiger partial charge in [0.05, 0.1) is 58.2 Å². The predicted molar refractivity (Wildman–Crippen MR) is 310 cm³/mol. The second kappa shape index (κ2) is 28.5. The second-order valence-corrected chi connectivity index (χ2v) is 19.7. The fourth-order valence-corrected chi connectivity index (χ4v) is 9.86. The molecule has 29 nitrogen and oxygen atoms in total. The number of fused-ring (bicyclic) bond motifs is 5. The quantitative estimate of drug-likeness (QED) is 0.0463. The van der Waals surface area contributed by atoms with E-state index in [2.05, 4.69) is 56.3 Å². The van der Waals surface area contributed by atoms with Gasteiger partial charge in [-0.15, -0.1) is 63.2 Å². The lowest BCUT2D eigenvalue weighted by atomic mass is 9.99. The molecular weight excluding hydrogens is 1250 g/mol. The maximum atomic E-state index is 13.1. The number of ether oxygens (including phenoxy) is 3. The molecule has 2 bridgehead atoms. The number of aromatic amines is 1. The van der Waals surface area contributed by atoms with Gasteiger partial charge in [0.25, 0.3) is 0 Å². The van der Waals surface area contributed by atoms with Crippen LogP contribution in [0, 0.1) is 5.82 Å². The third kappa shape index (κ3) is 15.6. The second-order valence-electron chi connectivity index (χ2n) is 19.7. The average molecular weight is 1320 g/mol. The van der Waals surface area contributed by atoms with Crippen LogP contribution in [0.4, 0.5) is 27.0 Å². The number of hydrogen-bond donors (Lipinski definition) is 6.